The minimum Gasteiger partial charge on any atom is -0.503 e. The van der Waals surface area contributed by atoms with Crippen LogP contribution in [0.2, 0.25) is 0 Å². The fourth-order valence-electron chi connectivity index (χ4n) is 2.08. The molecule has 22 heavy (non-hydrogen) atoms. The quantitative estimate of drug-likeness (QED) is 0.873. The molecule has 110 valence electrons. The normalized spacial score (nSPS) is 15.0. The van der Waals surface area contributed by atoms with Gasteiger partial charge in [-0.2, -0.15) is 5.26 Å². The molecule has 0 bridgehead atoms. The van der Waals surface area contributed by atoms with Crippen molar-refractivity contribution in [1.29, 1.82) is 5.26 Å². The summed E-state index contributed by atoms with van der Waals surface area (Å²) in [5.74, 6) is 0.765. The van der Waals surface area contributed by atoms with Crippen molar-refractivity contribution in [3.63, 3.8) is 0 Å². The maximum Gasteiger partial charge on any atom is 0.263 e. The van der Waals surface area contributed by atoms with E-state index in [2.05, 4.69) is 16.0 Å². The molecule has 2 heterocycles. The van der Waals surface area contributed by atoms with E-state index in [0.717, 1.165) is 0 Å². The summed E-state index contributed by atoms with van der Waals surface area (Å²) in [6.07, 6.45) is 1.51. The van der Waals surface area contributed by atoms with Crippen LogP contribution in [0.1, 0.15) is 25.0 Å². The zero-order valence-electron chi connectivity index (χ0n) is 12.1. The Morgan fingerprint density at radius 1 is 1.32 bits per heavy atom. The van der Waals surface area contributed by atoms with Crippen molar-refractivity contribution in [2.75, 3.05) is 0 Å². The summed E-state index contributed by atoms with van der Waals surface area (Å²) in [4.78, 5) is 8.36. The number of ether oxygens (including phenoxy) is 2. The van der Waals surface area contributed by atoms with E-state index < -0.39 is 5.72 Å². The molecule has 3 rings (SSSR count). The van der Waals surface area contributed by atoms with Crippen molar-refractivity contribution >= 4 is 5.90 Å². The summed E-state index contributed by atoms with van der Waals surface area (Å²) in [6.45, 7) is 3.57. The molecule has 1 aromatic carbocycles. The molecule has 1 N–H and O–H groups in total. The Hall–Kier alpha value is -3.07. The SMILES string of the molecule is CC1(C)N=C(Oc2ncccc2O)c2cc(C#N)ccc2O1. The molecule has 1 aromatic heterocycles. The molecule has 0 aliphatic carbocycles. The van der Waals surface area contributed by atoms with Crippen molar-refractivity contribution in [2.45, 2.75) is 19.6 Å². The Labute approximate surface area is 127 Å². The van der Waals surface area contributed by atoms with Crippen LogP contribution in [0.25, 0.3) is 0 Å². The van der Waals surface area contributed by atoms with Crippen molar-refractivity contribution in [1.82, 2.24) is 4.98 Å². The van der Waals surface area contributed by atoms with E-state index in [1.54, 1.807) is 38.1 Å². The molecule has 0 spiro atoms. The van der Waals surface area contributed by atoms with E-state index in [9.17, 15) is 5.11 Å². The second-order valence-electron chi connectivity index (χ2n) is 5.22. The Morgan fingerprint density at radius 2 is 2.14 bits per heavy atom. The van der Waals surface area contributed by atoms with Gasteiger partial charge in [0.2, 0.25) is 5.90 Å². The van der Waals surface area contributed by atoms with Gasteiger partial charge in [-0.15, -0.1) is 0 Å². The minimum absolute atomic E-state index is 0.0484. The topological polar surface area (TPSA) is 87.7 Å². The summed E-state index contributed by atoms with van der Waals surface area (Å²) < 4.78 is 11.4. The number of aliphatic imine (C=N–C) groups is 1. The molecule has 1 aliphatic heterocycles. The molecule has 0 unspecified atom stereocenters. The van der Waals surface area contributed by atoms with Crippen LogP contribution in [0.3, 0.4) is 0 Å². The molecule has 0 radical (unpaired) electrons. The first kappa shape index (κ1) is 13.9. The molecule has 6 heteroatoms. The molecular weight excluding hydrogens is 282 g/mol. The molecule has 0 saturated heterocycles. The third-order valence-corrected chi connectivity index (χ3v) is 3.01. The number of aromatic hydroxyl groups is 1. The molecule has 0 atom stereocenters. The molecule has 0 saturated carbocycles. The number of pyridine rings is 1. The molecule has 0 fully saturated rings. The number of benzene rings is 1. The molecular formula is C16H13N3O3. The van der Waals surface area contributed by atoms with Gasteiger partial charge in [-0.3, -0.25) is 0 Å². The number of fused-ring (bicyclic) bond motifs is 1. The van der Waals surface area contributed by atoms with Gasteiger partial charge in [0.05, 0.1) is 17.2 Å². The fraction of sp³-hybridized carbons (Fsp3) is 0.188. The van der Waals surface area contributed by atoms with Gasteiger partial charge in [-0.1, -0.05) is 0 Å². The van der Waals surface area contributed by atoms with Crippen molar-refractivity contribution < 1.29 is 14.6 Å². The largest absolute Gasteiger partial charge is 0.503 e. The third-order valence-electron chi connectivity index (χ3n) is 3.01. The van der Waals surface area contributed by atoms with Gasteiger partial charge in [0, 0.05) is 6.20 Å². The Bertz CT molecular complexity index is 807. The van der Waals surface area contributed by atoms with E-state index >= 15 is 0 Å². The second kappa shape index (κ2) is 5.04. The summed E-state index contributed by atoms with van der Waals surface area (Å²) in [7, 11) is 0. The van der Waals surface area contributed by atoms with E-state index in [1.165, 1.54) is 12.3 Å². The van der Waals surface area contributed by atoms with Crippen molar-refractivity contribution in [3.8, 4) is 23.4 Å². The lowest BCUT2D eigenvalue weighted by Gasteiger charge is -2.29. The van der Waals surface area contributed by atoms with Crippen LogP contribution in [0.15, 0.2) is 41.5 Å². The van der Waals surface area contributed by atoms with Crippen molar-refractivity contribution in [2.24, 2.45) is 4.99 Å². The zero-order chi connectivity index (χ0) is 15.7. The lowest BCUT2D eigenvalue weighted by atomic mass is 10.1. The van der Waals surface area contributed by atoms with Gasteiger partial charge >= 0.3 is 0 Å². The van der Waals surface area contributed by atoms with Crippen LogP contribution in [0.5, 0.6) is 17.4 Å². The summed E-state index contributed by atoms with van der Waals surface area (Å²) >= 11 is 0. The minimum atomic E-state index is -0.819. The lowest BCUT2D eigenvalue weighted by molar-refractivity contribution is 0.111. The van der Waals surface area contributed by atoms with Crippen molar-refractivity contribution in [3.05, 3.63) is 47.7 Å². The first-order chi connectivity index (χ1) is 10.5. The number of aromatic nitrogens is 1. The molecule has 2 aromatic rings. The van der Waals surface area contributed by atoms with E-state index in [1.807, 2.05) is 0 Å². The van der Waals surface area contributed by atoms with Gasteiger partial charge < -0.3 is 14.6 Å². The smallest absolute Gasteiger partial charge is 0.263 e. The first-order valence-corrected chi connectivity index (χ1v) is 6.64. The summed E-state index contributed by atoms with van der Waals surface area (Å²) in [5, 5.41) is 18.8. The van der Waals surface area contributed by atoms with Crippen LogP contribution in [-0.4, -0.2) is 21.7 Å². The van der Waals surface area contributed by atoms with Gasteiger partial charge in [0.15, 0.2) is 11.5 Å². The number of hydrogen-bond donors (Lipinski definition) is 1. The highest BCUT2D eigenvalue weighted by molar-refractivity contribution is 5.99. The lowest BCUT2D eigenvalue weighted by Crippen LogP contribution is -2.34. The van der Waals surface area contributed by atoms with Crippen LogP contribution in [0, 0.1) is 11.3 Å². The Balaban J connectivity index is 2.07. The Morgan fingerprint density at radius 3 is 2.86 bits per heavy atom. The predicted molar refractivity (Wildman–Crippen MR) is 78.9 cm³/mol. The fourth-order valence-corrected chi connectivity index (χ4v) is 2.08. The third kappa shape index (κ3) is 2.56. The maximum atomic E-state index is 9.79. The highest BCUT2D eigenvalue weighted by atomic mass is 16.5. The molecule has 1 aliphatic rings. The summed E-state index contributed by atoms with van der Waals surface area (Å²) in [5.41, 5.74) is 0.188. The van der Waals surface area contributed by atoms with Crippen LogP contribution in [0.4, 0.5) is 0 Å². The zero-order valence-corrected chi connectivity index (χ0v) is 12.1. The summed E-state index contributed by atoms with van der Waals surface area (Å²) in [6, 6.07) is 10.1. The number of rotatable bonds is 1. The molecule has 0 amide bonds. The van der Waals surface area contributed by atoms with E-state index in [4.69, 9.17) is 14.7 Å². The number of nitrogens with zero attached hydrogens (tertiary/aromatic N) is 3. The van der Waals surface area contributed by atoms with Crippen LogP contribution < -0.4 is 9.47 Å². The van der Waals surface area contributed by atoms with Gasteiger partial charge in [-0.05, 0) is 44.2 Å². The maximum absolute atomic E-state index is 9.79. The molecule has 6 nitrogen and oxygen atoms in total. The van der Waals surface area contributed by atoms with Gasteiger partial charge in [0.25, 0.3) is 5.88 Å². The highest BCUT2D eigenvalue weighted by Crippen LogP contribution is 2.33. The number of nitriles is 1. The monoisotopic (exact) mass is 295 g/mol. The standard InChI is InChI=1S/C16H13N3O3/c1-16(2)19-14(21-15-12(20)4-3-7-18-15)11-8-10(9-17)5-6-13(11)22-16/h3-8,20H,1-2H3. The van der Waals surface area contributed by atoms with Crippen LogP contribution in [-0.2, 0) is 0 Å². The average Bonchev–Trinajstić information content (AvgIpc) is 2.48. The first-order valence-electron chi connectivity index (χ1n) is 6.64. The Kier molecular flexibility index (Phi) is 3.18. The highest BCUT2D eigenvalue weighted by Gasteiger charge is 2.30. The van der Waals surface area contributed by atoms with Gasteiger partial charge in [-0.25, -0.2) is 9.98 Å². The second-order valence-corrected chi connectivity index (χ2v) is 5.22. The van der Waals surface area contributed by atoms with E-state index in [-0.39, 0.29) is 17.5 Å². The van der Waals surface area contributed by atoms with Crippen LogP contribution >= 0.6 is 0 Å². The predicted octanol–water partition coefficient (Wildman–Crippen LogP) is 2.61. The van der Waals surface area contributed by atoms with E-state index in [0.29, 0.717) is 16.9 Å². The van der Waals surface area contributed by atoms with Gasteiger partial charge in [0.1, 0.15) is 5.75 Å². The average molecular weight is 295 g/mol. The number of hydrogen-bond acceptors (Lipinski definition) is 6.